The summed E-state index contributed by atoms with van der Waals surface area (Å²) in [5.41, 5.74) is 1.84. The molecule has 3 aliphatic heterocycles. The van der Waals surface area contributed by atoms with Gasteiger partial charge >= 0.3 is 6.09 Å². The number of hydrogen-bond donors (Lipinski definition) is 0. The van der Waals surface area contributed by atoms with Crippen LogP contribution >= 0.6 is 0 Å². The molecule has 34 heavy (non-hydrogen) atoms. The number of benzene rings is 1. The minimum absolute atomic E-state index is 0.00364. The Bertz CT molecular complexity index is 994. The highest BCUT2D eigenvalue weighted by Crippen LogP contribution is 2.52. The third-order valence-electron chi connectivity index (χ3n) is 7.84. The maximum atomic E-state index is 12.7. The maximum Gasteiger partial charge on any atom is 0.410 e. The molecule has 3 saturated heterocycles. The molecule has 8 nitrogen and oxygen atoms in total. The van der Waals surface area contributed by atoms with E-state index in [0.717, 1.165) is 18.8 Å². The van der Waals surface area contributed by atoms with E-state index < -0.39 is 15.6 Å². The number of rotatable bonds is 4. The van der Waals surface area contributed by atoms with Gasteiger partial charge in [0.1, 0.15) is 5.60 Å². The van der Waals surface area contributed by atoms with Crippen molar-refractivity contribution in [2.45, 2.75) is 47.1 Å². The van der Waals surface area contributed by atoms with Crippen molar-refractivity contribution in [3.05, 3.63) is 24.3 Å². The number of nitrogens with zero attached hydrogens (tertiary/aromatic N) is 4. The van der Waals surface area contributed by atoms with Gasteiger partial charge in [-0.1, -0.05) is 13.8 Å². The predicted octanol–water partition coefficient (Wildman–Crippen LogP) is 3.24. The highest BCUT2D eigenvalue weighted by Gasteiger charge is 2.59. The van der Waals surface area contributed by atoms with E-state index in [0.29, 0.717) is 39.3 Å². The van der Waals surface area contributed by atoms with E-state index in [-0.39, 0.29) is 22.7 Å². The maximum absolute atomic E-state index is 12.7. The number of carbonyl (C=O) groups is 1. The molecule has 0 bridgehead atoms. The lowest BCUT2D eigenvalue weighted by molar-refractivity contribution is 0.0269. The van der Waals surface area contributed by atoms with E-state index in [1.54, 1.807) is 11.2 Å². The fraction of sp³-hybridized carbons (Fsp3) is 0.720. The van der Waals surface area contributed by atoms with Crippen LogP contribution in [0.2, 0.25) is 0 Å². The molecule has 4 rings (SSSR count). The van der Waals surface area contributed by atoms with Gasteiger partial charge < -0.3 is 19.4 Å². The van der Waals surface area contributed by atoms with Gasteiger partial charge in [-0.2, -0.15) is 4.31 Å². The SMILES string of the molecule is CCS(=O)(=O)N1CCN(c2ccc(N3CC4(C)CN(C(=O)OC(C)(C)C)CC4(C)C3)cc2)CC1. The minimum Gasteiger partial charge on any atom is -0.444 e. The molecule has 190 valence electrons. The largest absolute Gasteiger partial charge is 0.444 e. The molecule has 2 unspecified atom stereocenters. The van der Waals surface area contributed by atoms with Crippen LogP contribution < -0.4 is 9.80 Å². The lowest BCUT2D eigenvalue weighted by Gasteiger charge is -2.35. The Labute approximate surface area is 204 Å². The number of amides is 1. The van der Waals surface area contributed by atoms with Crippen LogP contribution in [0, 0.1) is 10.8 Å². The number of anilines is 2. The minimum atomic E-state index is -3.11. The first-order valence-corrected chi connectivity index (χ1v) is 13.9. The number of hydrogen-bond acceptors (Lipinski definition) is 6. The van der Waals surface area contributed by atoms with Crippen LogP contribution in [0.3, 0.4) is 0 Å². The number of fused-ring (bicyclic) bond motifs is 1. The van der Waals surface area contributed by atoms with E-state index in [2.05, 4.69) is 47.9 Å². The molecular weight excluding hydrogens is 452 g/mol. The van der Waals surface area contributed by atoms with E-state index >= 15 is 0 Å². The molecule has 0 saturated carbocycles. The van der Waals surface area contributed by atoms with Crippen molar-refractivity contribution in [2.24, 2.45) is 10.8 Å². The van der Waals surface area contributed by atoms with E-state index in [4.69, 9.17) is 4.74 Å². The molecule has 1 aromatic carbocycles. The summed E-state index contributed by atoms with van der Waals surface area (Å²) in [7, 11) is -3.11. The summed E-state index contributed by atoms with van der Waals surface area (Å²) in [6.45, 7) is 17.7. The molecule has 0 aliphatic carbocycles. The van der Waals surface area contributed by atoms with Crippen LogP contribution in [-0.4, -0.2) is 87.4 Å². The van der Waals surface area contributed by atoms with Gasteiger partial charge in [0.2, 0.25) is 10.0 Å². The molecular formula is C25H40N4O4S. The normalized spacial score (nSPS) is 28.4. The number of likely N-dealkylation sites (tertiary alicyclic amines) is 1. The smallest absolute Gasteiger partial charge is 0.410 e. The topological polar surface area (TPSA) is 73.4 Å². The zero-order valence-corrected chi connectivity index (χ0v) is 22.3. The molecule has 3 aliphatic rings. The molecule has 1 amide bonds. The van der Waals surface area contributed by atoms with Crippen molar-refractivity contribution in [1.82, 2.24) is 9.21 Å². The Morgan fingerprint density at radius 3 is 1.79 bits per heavy atom. The average molecular weight is 493 g/mol. The summed E-state index contributed by atoms with van der Waals surface area (Å²) in [5.74, 6) is 0.158. The Hall–Kier alpha value is -2.00. The second kappa shape index (κ2) is 8.59. The third kappa shape index (κ3) is 4.73. The highest BCUT2D eigenvalue weighted by molar-refractivity contribution is 7.89. The fourth-order valence-electron chi connectivity index (χ4n) is 5.58. The molecule has 3 fully saturated rings. The Morgan fingerprint density at radius 2 is 1.35 bits per heavy atom. The van der Waals surface area contributed by atoms with E-state index in [1.807, 2.05) is 25.7 Å². The van der Waals surface area contributed by atoms with Gasteiger partial charge in [-0.15, -0.1) is 0 Å². The van der Waals surface area contributed by atoms with Crippen molar-refractivity contribution in [3.63, 3.8) is 0 Å². The molecule has 0 radical (unpaired) electrons. The van der Waals surface area contributed by atoms with Crippen LogP contribution in [-0.2, 0) is 14.8 Å². The van der Waals surface area contributed by atoms with Crippen molar-refractivity contribution >= 4 is 27.5 Å². The lowest BCUT2D eigenvalue weighted by Crippen LogP contribution is -2.49. The first kappa shape index (κ1) is 25.1. The quantitative estimate of drug-likeness (QED) is 0.643. The summed E-state index contributed by atoms with van der Waals surface area (Å²) in [4.78, 5) is 19.2. The van der Waals surface area contributed by atoms with Crippen molar-refractivity contribution in [1.29, 1.82) is 0 Å². The second-order valence-corrected chi connectivity index (χ2v) is 13.9. The highest BCUT2D eigenvalue weighted by atomic mass is 32.2. The van der Waals surface area contributed by atoms with Gasteiger partial charge in [0, 0.05) is 74.6 Å². The van der Waals surface area contributed by atoms with Crippen LogP contribution in [0.1, 0.15) is 41.5 Å². The predicted molar refractivity (Wildman–Crippen MR) is 136 cm³/mol. The van der Waals surface area contributed by atoms with Gasteiger partial charge in [0.15, 0.2) is 0 Å². The zero-order valence-electron chi connectivity index (χ0n) is 21.5. The number of carbonyl (C=O) groups excluding carboxylic acids is 1. The van der Waals surface area contributed by atoms with Crippen molar-refractivity contribution < 1.29 is 17.9 Å². The van der Waals surface area contributed by atoms with Crippen LogP contribution in [0.15, 0.2) is 24.3 Å². The van der Waals surface area contributed by atoms with E-state index in [1.165, 1.54) is 5.69 Å². The number of sulfonamides is 1. The zero-order chi connectivity index (χ0) is 24.9. The molecule has 3 heterocycles. The fourth-order valence-corrected chi connectivity index (χ4v) is 6.66. The van der Waals surface area contributed by atoms with Crippen LogP contribution in [0.5, 0.6) is 0 Å². The molecule has 2 atom stereocenters. The number of piperazine rings is 1. The van der Waals surface area contributed by atoms with Crippen LogP contribution in [0.4, 0.5) is 16.2 Å². The Morgan fingerprint density at radius 1 is 0.882 bits per heavy atom. The summed E-state index contributed by atoms with van der Waals surface area (Å²) >= 11 is 0. The molecule has 0 N–H and O–H groups in total. The van der Waals surface area contributed by atoms with Gasteiger partial charge in [-0.3, -0.25) is 0 Å². The summed E-state index contributed by atoms with van der Waals surface area (Å²) in [6, 6.07) is 8.63. The van der Waals surface area contributed by atoms with Gasteiger partial charge in [-0.05, 0) is 52.0 Å². The average Bonchev–Trinajstić information content (AvgIpc) is 3.17. The lowest BCUT2D eigenvalue weighted by atomic mass is 9.71. The standard InChI is InChI=1S/C25H40N4O4S/c1-7-34(31,32)29-14-12-26(13-15-29)20-8-10-21(11-9-20)27-16-24(5)18-28(19-25(24,6)17-27)22(30)33-23(2,3)4/h8-11H,7,12-19H2,1-6H3. The monoisotopic (exact) mass is 492 g/mol. The summed E-state index contributed by atoms with van der Waals surface area (Å²) in [6.07, 6.45) is -0.216. The Balaban J connectivity index is 1.38. The van der Waals surface area contributed by atoms with Crippen molar-refractivity contribution in [2.75, 3.05) is 67.9 Å². The number of ether oxygens (including phenoxy) is 1. The second-order valence-electron chi connectivity index (χ2n) is 11.6. The molecule has 0 aromatic heterocycles. The van der Waals surface area contributed by atoms with E-state index in [9.17, 15) is 13.2 Å². The first-order valence-electron chi connectivity index (χ1n) is 12.3. The summed E-state index contributed by atoms with van der Waals surface area (Å²) in [5, 5.41) is 0. The van der Waals surface area contributed by atoms with Crippen molar-refractivity contribution in [3.8, 4) is 0 Å². The van der Waals surface area contributed by atoms with Gasteiger partial charge in [-0.25, -0.2) is 13.2 Å². The molecule has 1 aromatic rings. The summed E-state index contributed by atoms with van der Waals surface area (Å²) < 4.78 is 31.5. The van der Waals surface area contributed by atoms with Crippen LogP contribution in [0.25, 0.3) is 0 Å². The van der Waals surface area contributed by atoms with Gasteiger partial charge in [0.05, 0.1) is 5.75 Å². The first-order chi connectivity index (χ1) is 15.8. The third-order valence-corrected chi connectivity index (χ3v) is 9.73. The molecule has 0 spiro atoms. The Kier molecular flexibility index (Phi) is 6.34. The molecule has 9 heteroatoms. The van der Waals surface area contributed by atoms with Gasteiger partial charge in [0.25, 0.3) is 0 Å².